The van der Waals surface area contributed by atoms with E-state index in [1.165, 1.54) is 11.6 Å². The van der Waals surface area contributed by atoms with E-state index in [4.69, 9.17) is 10.5 Å². The number of anilines is 1. The van der Waals surface area contributed by atoms with Gasteiger partial charge in [-0.05, 0) is 49.2 Å². The molecule has 0 bridgehead atoms. The molecule has 0 saturated carbocycles. The Balaban J connectivity index is 1.77. The summed E-state index contributed by atoms with van der Waals surface area (Å²) >= 11 is 0. The molecule has 0 spiro atoms. The van der Waals surface area contributed by atoms with E-state index in [2.05, 4.69) is 17.0 Å². The number of ether oxygens (including phenoxy) is 1. The van der Waals surface area contributed by atoms with Crippen LogP contribution in [0, 0.1) is 5.82 Å². The number of halogens is 1. The summed E-state index contributed by atoms with van der Waals surface area (Å²) in [6.45, 7) is 4.26. The van der Waals surface area contributed by atoms with Crippen LogP contribution in [0.15, 0.2) is 48.5 Å². The second kappa shape index (κ2) is 7.01. The minimum Gasteiger partial charge on any atom is -0.494 e. The minimum atomic E-state index is -0.209. The summed E-state index contributed by atoms with van der Waals surface area (Å²) in [5.74, 6) is 1.02. The van der Waals surface area contributed by atoms with Gasteiger partial charge in [0.2, 0.25) is 0 Å². The normalized spacial score (nSPS) is 21.3. The first-order valence-electron chi connectivity index (χ1n) is 8.14. The molecule has 1 fully saturated rings. The molecule has 0 amide bonds. The summed E-state index contributed by atoms with van der Waals surface area (Å²) in [4.78, 5) is 2.18. The molecular formula is C19H23FN2O. The summed E-state index contributed by atoms with van der Waals surface area (Å²) in [6.07, 6.45) is 0.944. The van der Waals surface area contributed by atoms with Crippen LogP contribution in [0.2, 0.25) is 0 Å². The maximum absolute atomic E-state index is 13.5. The Bertz CT molecular complexity index is 644. The highest BCUT2D eigenvalue weighted by atomic mass is 19.1. The predicted molar refractivity (Wildman–Crippen MR) is 91.6 cm³/mol. The zero-order chi connectivity index (χ0) is 16.2. The lowest BCUT2D eigenvalue weighted by atomic mass is 9.88. The zero-order valence-electron chi connectivity index (χ0n) is 13.4. The molecule has 1 aliphatic rings. The number of hydrogen-bond donors (Lipinski definition) is 1. The molecule has 122 valence electrons. The van der Waals surface area contributed by atoms with Crippen LogP contribution in [0.25, 0.3) is 0 Å². The smallest absolute Gasteiger partial charge is 0.125 e. The van der Waals surface area contributed by atoms with Gasteiger partial charge in [0, 0.05) is 30.7 Å². The molecule has 4 heteroatoms. The Morgan fingerprint density at radius 3 is 2.65 bits per heavy atom. The summed E-state index contributed by atoms with van der Waals surface area (Å²) in [5, 5.41) is 0. The molecule has 0 aromatic heterocycles. The molecule has 23 heavy (non-hydrogen) atoms. The van der Waals surface area contributed by atoms with Crippen LogP contribution >= 0.6 is 0 Å². The van der Waals surface area contributed by atoms with Crippen LogP contribution in [-0.4, -0.2) is 25.7 Å². The third-order valence-electron chi connectivity index (χ3n) is 4.32. The molecule has 0 aliphatic carbocycles. The lowest BCUT2D eigenvalue weighted by molar-refractivity contribution is 0.340. The van der Waals surface area contributed by atoms with Crippen molar-refractivity contribution in [2.75, 3.05) is 24.6 Å². The van der Waals surface area contributed by atoms with Gasteiger partial charge in [-0.25, -0.2) is 4.39 Å². The first-order valence-corrected chi connectivity index (χ1v) is 8.14. The van der Waals surface area contributed by atoms with Crippen molar-refractivity contribution < 1.29 is 9.13 Å². The SMILES string of the molecule is CCOc1ccc(C2CC(N)CN(c3cccc(F)c3)C2)cc1. The van der Waals surface area contributed by atoms with Crippen LogP contribution in [0.1, 0.15) is 24.8 Å². The van der Waals surface area contributed by atoms with Gasteiger partial charge >= 0.3 is 0 Å². The summed E-state index contributed by atoms with van der Waals surface area (Å²) in [5.41, 5.74) is 8.40. The molecule has 1 heterocycles. The van der Waals surface area contributed by atoms with Crippen molar-refractivity contribution in [3.63, 3.8) is 0 Å². The van der Waals surface area contributed by atoms with E-state index in [9.17, 15) is 4.39 Å². The Hall–Kier alpha value is -2.07. The molecule has 3 nitrogen and oxygen atoms in total. The number of rotatable bonds is 4. The molecule has 1 saturated heterocycles. The first kappa shape index (κ1) is 15.8. The largest absolute Gasteiger partial charge is 0.494 e. The van der Waals surface area contributed by atoms with Gasteiger partial charge in [-0.15, -0.1) is 0 Å². The third kappa shape index (κ3) is 3.82. The van der Waals surface area contributed by atoms with Crippen molar-refractivity contribution >= 4 is 5.69 Å². The van der Waals surface area contributed by atoms with Gasteiger partial charge < -0.3 is 15.4 Å². The molecule has 2 atom stereocenters. The maximum atomic E-state index is 13.5. The first-order chi connectivity index (χ1) is 11.2. The van der Waals surface area contributed by atoms with Crippen molar-refractivity contribution in [3.8, 4) is 5.75 Å². The standard InChI is InChI=1S/C19H23FN2O/c1-2-23-19-8-6-14(7-9-19)15-10-17(21)13-22(12-15)18-5-3-4-16(20)11-18/h3-9,11,15,17H,2,10,12-13,21H2,1H3. The Kier molecular flexibility index (Phi) is 4.82. The Labute approximate surface area is 136 Å². The third-order valence-corrected chi connectivity index (χ3v) is 4.32. The monoisotopic (exact) mass is 314 g/mol. The van der Waals surface area contributed by atoms with Gasteiger partial charge in [-0.3, -0.25) is 0 Å². The number of nitrogens with zero attached hydrogens (tertiary/aromatic N) is 1. The number of nitrogens with two attached hydrogens (primary N) is 1. The number of piperidine rings is 1. The fraction of sp³-hybridized carbons (Fsp3) is 0.368. The molecule has 1 aliphatic heterocycles. The van der Waals surface area contributed by atoms with E-state index < -0.39 is 0 Å². The van der Waals surface area contributed by atoms with Gasteiger partial charge in [-0.2, -0.15) is 0 Å². The van der Waals surface area contributed by atoms with Gasteiger partial charge in [0.1, 0.15) is 11.6 Å². The molecule has 2 unspecified atom stereocenters. The topological polar surface area (TPSA) is 38.5 Å². The average molecular weight is 314 g/mol. The van der Waals surface area contributed by atoms with E-state index in [0.29, 0.717) is 12.5 Å². The summed E-state index contributed by atoms with van der Waals surface area (Å²) in [7, 11) is 0. The predicted octanol–water partition coefficient (Wildman–Crippen LogP) is 3.55. The van der Waals surface area contributed by atoms with Gasteiger partial charge in [0.05, 0.1) is 6.61 Å². The van der Waals surface area contributed by atoms with Gasteiger partial charge in [0.25, 0.3) is 0 Å². The fourth-order valence-corrected chi connectivity index (χ4v) is 3.27. The van der Waals surface area contributed by atoms with E-state index >= 15 is 0 Å². The van der Waals surface area contributed by atoms with Crippen LogP contribution in [0.4, 0.5) is 10.1 Å². The summed E-state index contributed by atoms with van der Waals surface area (Å²) in [6, 6.07) is 15.0. The van der Waals surface area contributed by atoms with Crippen LogP contribution in [-0.2, 0) is 0 Å². The second-order valence-corrected chi connectivity index (χ2v) is 6.08. The van der Waals surface area contributed by atoms with Crippen molar-refractivity contribution in [1.82, 2.24) is 0 Å². The quantitative estimate of drug-likeness (QED) is 0.938. The Morgan fingerprint density at radius 1 is 1.17 bits per heavy atom. The maximum Gasteiger partial charge on any atom is 0.125 e. The fourth-order valence-electron chi connectivity index (χ4n) is 3.27. The molecular weight excluding hydrogens is 291 g/mol. The minimum absolute atomic E-state index is 0.0867. The summed E-state index contributed by atoms with van der Waals surface area (Å²) < 4.78 is 19.0. The molecule has 2 N–H and O–H groups in total. The van der Waals surface area contributed by atoms with E-state index in [0.717, 1.165) is 30.9 Å². The van der Waals surface area contributed by atoms with E-state index in [1.807, 2.05) is 25.1 Å². The van der Waals surface area contributed by atoms with Crippen LogP contribution < -0.4 is 15.4 Å². The highest BCUT2D eigenvalue weighted by Crippen LogP contribution is 2.30. The lowest BCUT2D eigenvalue weighted by Gasteiger charge is -2.38. The highest BCUT2D eigenvalue weighted by Gasteiger charge is 2.26. The lowest BCUT2D eigenvalue weighted by Crippen LogP contribution is -2.46. The van der Waals surface area contributed by atoms with E-state index in [-0.39, 0.29) is 11.9 Å². The van der Waals surface area contributed by atoms with Crippen molar-refractivity contribution in [2.24, 2.45) is 5.73 Å². The van der Waals surface area contributed by atoms with Gasteiger partial charge in [0.15, 0.2) is 0 Å². The Morgan fingerprint density at radius 2 is 1.96 bits per heavy atom. The number of benzene rings is 2. The van der Waals surface area contributed by atoms with Gasteiger partial charge in [-0.1, -0.05) is 18.2 Å². The second-order valence-electron chi connectivity index (χ2n) is 6.08. The van der Waals surface area contributed by atoms with E-state index in [1.54, 1.807) is 12.1 Å². The molecule has 2 aromatic rings. The van der Waals surface area contributed by atoms with Crippen LogP contribution in [0.5, 0.6) is 5.75 Å². The molecule has 3 rings (SSSR count). The number of hydrogen-bond acceptors (Lipinski definition) is 3. The van der Waals surface area contributed by atoms with Crippen molar-refractivity contribution in [3.05, 3.63) is 59.9 Å². The van der Waals surface area contributed by atoms with Crippen molar-refractivity contribution in [1.29, 1.82) is 0 Å². The molecule has 2 aromatic carbocycles. The zero-order valence-corrected chi connectivity index (χ0v) is 13.4. The molecule has 0 radical (unpaired) electrons. The average Bonchev–Trinajstić information content (AvgIpc) is 2.55. The van der Waals surface area contributed by atoms with Crippen LogP contribution in [0.3, 0.4) is 0 Å². The van der Waals surface area contributed by atoms with Crippen molar-refractivity contribution in [2.45, 2.75) is 25.3 Å². The highest BCUT2D eigenvalue weighted by molar-refractivity contribution is 5.48.